The summed E-state index contributed by atoms with van der Waals surface area (Å²) in [4.78, 5) is 10.5. The quantitative estimate of drug-likeness (QED) is 0.526. The molecule has 1 radical (unpaired) electrons. The lowest BCUT2D eigenvalue weighted by Crippen LogP contribution is -2.24. The van der Waals surface area contributed by atoms with E-state index < -0.39 is 5.60 Å². The van der Waals surface area contributed by atoms with Crippen LogP contribution in [0.1, 0.15) is 20.8 Å². The van der Waals surface area contributed by atoms with Crippen molar-refractivity contribution in [3.8, 4) is 0 Å². The van der Waals surface area contributed by atoms with E-state index in [1.165, 1.54) is 0 Å². The highest BCUT2D eigenvalue weighted by atomic mass is 32.1. The maximum atomic E-state index is 10.5. The number of esters is 1. The average Bonchev–Trinajstić information content (AvgIpc) is 1.62. The summed E-state index contributed by atoms with van der Waals surface area (Å²) >= 11 is 4.47. The van der Waals surface area contributed by atoms with Crippen LogP contribution in [0.25, 0.3) is 0 Å². The first-order valence-corrected chi connectivity index (χ1v) is 3.33. The van der Waals surface area contributed by atoms with E-state index in [-0.39, 0.29) is 11.7 Å². The molecular weight excluding hydrogens is 136 g/mol. The predicted molar refractivity (Wildman–Crippen MR) is 38.3 cm³/mol. The van der Waals surface area contributed by atoms with Crippen LogP contribution in [0.4, 0.5) is 0 Å². The molecule has 0 aliphatic heterocycles. The summed E-state index contributed by atoms with van der Waals surface area (Å²) in [7, 11) is 0. The Kier molecular flexibility index (Phi) is 3.04. The third kappa shape index (κ3) is 5.69. The molecule has 0 saturated heterocycles. The van der Waals surface area contributed by atoms with Gasteiger partial charge in [-0.2, -0.15) is 0 Å². The van der Waals surface area contributed by atoms with Gasteiger partial charge in [-0.1, -0.05) is 12.6 Å². The van der Waals surface area contributed by atoms with E-state index in [0.717, 1.165) is 0 Å². The van der Waals surface area contributed by atoms with Gasteiger partial charge >= 0.3 is 5.97 Å². The Balaban J connectivity index is 3.60. The first-order valence-electron chi connectivity index (χ1n) is 2.75. The Morgan fingerprint density at radius 1 is 1.56 bits per heavy atom. The first-order chi connectivity index (χ1) is 3.95. The molecule has 0 aromatic carbocycles. The highest BCUT2D eigenvalue weighted by Gasteiger charge is 2.14. The van der Waals surface area contributed by atoms with Crippen LogP contribution in [0.5, 0.6) is 0 Å². The van der Waals surface area contributed by atoms with E-state index in [0.29, 0.717) is 0 Å². The molecule has 0 spiro atoms. The van der Waals surface area contributed by atoms with Gasteiger partial charge in [0.25, 0.3) is 0 Å². The number of rotatable bonds is 1. The van der Waals surface area contributed by atoms with Gasteiger partial charge in [-0.3, -0.25) is 4.79 Å². The van der Waals surface area contributed by atoms with Crippen LogP contribution in [0.3, 0.4) is 0 Å². The largest absolute Gasteiger partial charge is 0.459 e. The number of ether oxygens (including phenoxy) is 1. The average molecular weight is 147 g/mol. The molecule has 0 aliphatic rings. The fourth-order valence-corrected chi connectivity index (χ4v) is 0.430. The van der Waals surface area contributed by atoms with Crippen molar-refractivity contribution in [2.45, 2.75) is 26.4 Å². The highest BCUT2D eigenvalue weighted by molar-refractivity contribution is 7.81. The Morgan fingerprint density at radius 3 is 2.11 bits per heavy atom. The van der Waals surface area contributed by atoms with Gasteiger partial charge in [-0.15, -0.1) is 0 Å². The molecule has 0 N–H and O–H groups in total. The number of carbonyl (C=O) groups excluding carboxylic acids is 1. The van der Waals surface area contributed by atoms with Gasteiger partial charge in [0.2, 0.25) is 0 Å². The first kappa shape index (κ1) is 8.82. The lowest BCUT2D eigenvalue weighted by molar-refractivity contribution is -0.151. The second-order valence-corrected chi connectivity index (χ2v) is 3.02. The van der Waals surface area contributed by atoms with E-state index in [4.69, 9.17) is 4.74 Å². The molecular formula is C6H11O2S. The van der Waals surface area contributed by atoms with E-state index >= 15 is 0 Å². The zero-order valence-corrected chi connectivity index (χ0v) is 6.75. The van der Waals surface area contributed by atoms with Crippen LogP contribution in [-0.2, 0) is 9.53 Å². The zero-order valence-electron chi connectivity index (χ0n) is 5.93. The smallest absolute Gasteiger partial charge is 0.317 e. The minimum atomic E-state index is -0.393. The van der Waals surface area contributed by atoms with Crippen LogP contribution >= 0.6 is 12.6 Å². The van der Waals surface area contributed by atoms with Gasteiger partial charge in [0.1, 0.15) is 11.4 Å². The summed E-state index contributed by atoms with van der Waals surface area (Å²) in [5, 5.41) is 0. The standard InChI is InChI=1S/C6H11O2S/c1-6(2,3)8-5(7)4-9/h4H2,1-3H3. The molecule has 0 rings (SSSR count). The van der Waals surface area contributed by atoms with Gasteiger partial charge in [0.15, 0.2) is 0 Å². The molecule has 0 heterocycles. The van der Waals surface area contributed by atoms with Crippen molar-refractivity contribution in [2.75, 3.05) is 5.75 Å². The van der Waals surface area contributed by atoms with Crippen molar-refractivity contribution in [1.82, 2.24) is 0 Å². The molecule has 0 aromatic rings. The van der Waals surface area contributed by atoms with Crippen LogP contribution in [-0.4, -0.2) is 17.3 Å². The summed E-state index contributed by atoms with van der Waals surface area (Å²) in [5.41, 5.74) is -0.393. The van der Waals surface area contributed by atoms with E-state index in [2.05, 4.69) is 12.6 Å². The fraction of sp³-hybridized carbons (Fsp3) is 0.833. The maximum absolute atomic E-state index is 10.5. The highest BCUT2D eigenvalue weighted by Crippen LogP contribution is 2.06. The van der Waals surface area contributed by atoms with Crippen molar-refractivity contribution in [1.29, 1.82) is 0 Å². The Labute approximate surface area is 61.0 Å². The van der Waals surface area contributed by atoms with Gasteiger partial charge in [-0.25, -0.2) is 0 Å². The SMILES string of the molecule is CC(C)(C)OC(=O)C[S]. The Bertz CT molecular complexity index is 104. The lowest BCUT2D eigenvalue weighted by atomic mass is 10.2. The van der Waals surface area contributed by atoms with Crippen molar-refractivity contribution in [3.05, 3.63) is 0 Å². The second-order valence-electron chi connectivity index (χ2n) is 2.73. The molecule has 3 heteroatoms. The number of hydrogen-bond donors (Lipinski definition) is 0. The molecule has 0 unspecified atom stereocenters. The molecule has 0 bridgehead atoms. The molecule has 0 saturated carbocycles. The third-order valence-electron chi connectivity index (χ3n) is 0.538. The summed E-state index contributed by atoms with van der Waals surface area (Å²) in [6.45, 7) is 5.45. The second kappa shape index (κ2) is 3.11. The fourth-order valence-electron chi connectivity index (χ4n) is 0.371. The molecule has 0 fully saturated rings. The van der Waals surface area contributed by atoms with Gasteiger partial charge in [0.05, 0.1) is 0 Å². The normalized spacial score (nSPS) is 11.1. The summed E-state index contributed by atoms with van der Waals surface area (Å²) in [6, 6.07) is 0. The summed E-state index contributed by atoms with van der Waals surface area (Å²) in [5.74, 6) is -0.283. The third-order valence-corrected chi connectivity index (χ3v) is 0.774. The van der Waals surface area contributed by atoms with Gasteiger partial charge < -0.3 is 4.74 Å². The van der Waals surface area contributed by atoms with Crippen molar-refractivity contribution >= 4 is 18.6 Å². The van der Waals surface area contributed by atoms with E-state index in [9.17, 15) is 4.79 Å². The molecule has 0 aliphatic carbocycles. The molecule has 9 heavy (non-hydrogen) atoms. The minimum absolute atomic E-state index is 0.0390. The van der Waals surface area contributed by atoms with E-state index in [1.54, 1.807) is 0 Å². The van der Waals surface area contributed by atoms with Crippen LogP contribution in [0, 0.1) is 0 Å². The van der Waals surface area contributed by atoms with Crippen molar-refractivity contribution in [3.63, 3.8) is 0 Å². The molecule has 0 atom stereocenters. The van der Waals surface area contributed by atoms with Crippen LogP contribution < -0.4 is 0 Å². The Morgan fingerprint density at radius 2 is 2.00 bits per heavy atom. The molecule has 0 amide bonds. The summed E-state index contributed by atoms with van der Waals surface area (Å²) < 4.78 is 4.84. The molecule has 2 nitrogen and oxygen atoms in total. The van der Waals surface area contributed by atoms with E-state index in [1.807, 2.05) is 20.8 Å². The zero-order chi connectivity index (χ0) is 7.49. The van der Waals surface area contributed by atoms with Gasteiger partial charge in [-0.05, 0) is 20.8 Å². The summed E-state index contributed by atoms with van der Waals surface area (Å²) in [6.07, 6.45) is 0. The molecule has 53 valence electrons. The lowest BCUT2D eigenvalue weighted by Gasteiger charge is -2.18. The minimum Gasteiger partial charge on any atom is -0.459 e. The maximum Gasteiger partial charge on any atom is 0.317 e. The Hall–Kier alpha value is -0.180. The number of hydrogen-bond acceptors (Lipinski definition) is 2. The van der Waals surface area contributed by atoms with Crippen molar-refractivity contribution < 1.29 is 9.53 Å². The van der Waals surface area contributed by atoms with Crippen LogP contribution in [0.2, 0.25) is 0 Å². The monoisotopic (exact) mass is 147 g/mol. The van der Waals surface area contributed by atoms with Gasteiger partial charge in [0, 0.05) is 0 Å². The molecule has 0 aromatic heterocycles. The predicted octanol–water partition coefficient (Wildman–Crippen LogP) is 1.53. The van der Waals surface area contributed by atoms with Crippen molar-refractivity contribution in [2.24, 2.45) is 0 Å². The topological polar surface area (TPSA) is 26.3 Å². The van der Waals surface area contributed by atoms with Crippen LogP contribution in [0.15, 0.2) is 0 Å². The number of carbonyl (C=O) groups is 1.